The Morgan fingerprint density at radius 1 is 1.12 bits per heavy atom. The average molecular weight is 575 g/mol. The van der Waals surface area contributed by atoms with Crippen molar-refractivity contribution in [3.05, 3.63) is 46.5 Å². The van der Waals surface area contributed by atoms with Crippen LogP contribution in [0.4, 0.5) is 0 Å². The van der Waals surface area contributed by atoms with Gasteiger partial charge in [0.05, 0.1) is 0 Å². The normalized spacial score (nSPS) is 23.8. The SMILES string of the molecule is CC[Si]1(Cl)c2[cH-]c3cccc(C4=C(C)C(C)=C(C)C4C)c3c21.[Cl-].[Cl-].[Hf]. The fourth-order valence-electron chi connectivity index (χ4n) is 4.35. The third-order valence-corrected chi connectivity index (χ3v) is 11.4. The maximum atomic E-state index is 6.94. The van der Waals surface area contributed by atoms with E-state index >= 15 is 0 Å². The molecule has 0 saturated carbocycles. The van der Waals surface area contributed by atoms with Gasteiger partial charge in [0.1, 0.15) is 7.38 Å². The van der Waals surface area contributed by atoms with E-state index in [4.69, 9.17) is 11.1 Å². The quantitative estimate of drug-likeness (QED) is 0.244. The Kier molecular flexibility index (Phi) is 7.19. The summed E-state index contributed by atoms with van der Waals surface area (Å²) in [6, 6.07) is 10.2. The van der Waals surface area contributed by atoms with Crippen molar-refractivity contribution in [2.24, 2.45) is 5.92 Å². The molecule has 1 aliphatic heterocycles. The third-order valence-electron chi connectivity index (χ3n) is 6.09. The zero-order valence-electron chi connectivity index (χ0n) is 15.2. The van der Waals surface area contributed by atoms with Gasteiger partial charge in [-0.2, -0.15) is 11.1 Å². The maximum Gasteiger partial charge on any atom is 0.146 e. The summed E-state index contributed by atoms with van der Waals surface area (Å²) < 4.78 is 0. The zero-order valence-corrected chi connectivity index (χ0v) is 22.1. The van der Waals surface area contributed by atoms with Gasteiger partial charge in [-0.05, 0) is 43.5 Å². The summed E-state index contributed by atoms with van der Waals surface area (Å²) in [5.74, 6) is 0.517. The summed E-state index contributed by atoms with van der Waals surface area (Å²) >= 11 is 6.94. The maximum absolute atomic E-state index is 6.94. The van der Waals surface area contributed by atoms with E-state index in [1.165, 1.54) is 49.0 Å². The molecular weight excluding hydrogens is 553 g/mol. The number of fused-ring (bicyclic) bond motifs is 3. The van der Waals surface area contributed by atoms with Crippen LogP contribution in [0.2, 0.25) is 6.04 Å². The summed E-state index contributed by atoms with van der Waals surface area (Å²) in [5.41, 5.74) is 7.40. The Morgan fingerprint density at radius 2 is 1.76 bits per heavy atom. The molecule has 2 atom stereocenters. The van der Waals surface area contributed by atoms with Gasteiger partial charge in [-0.1, -0.05) is 31.1 Å². The molecule has 1 aliphatic carbocycles. The van der Waals surface area contributed by atoms with Gasteiger partial charge < -0.3 is 24.8 Å². The number of hydrogen-bond acceptors (Lipinski definition) is 0. The molecule has 0 N–H and O–H groups in total. The fraction of sp³-hybridized carbons (Fsp3) is 0.350. The van der Waals surface area contributed by atoms with Crippen molar-refractivity contribution >= 4 is 45.2 Å². The molecule has 0 fully saturated rings. The molecule has 0 radical (unpaired) electrons. The van der Waals surface area contributed by atoms with Crippen LogP contribution in [0.25, 0.3) is 16.3 Å². The van der Waals surface area contributed by atoms with Crippen LogP contribution >= 0.6 is 11.1 Å². The topological polar surface area (TPSA) is 0 Å². The second-order valence-corrected chi connectivity index (χ2v) is 12.2. The molecular formula is C20H22Cl3HfSi-3. The van der Waals surface area contributed by atoms with E-state index in [1.807, 2.05) is 0 Å². The van der Waals surface area contributed by atoms with Crippen LogP contribution in [-0.4, -0.2) is 7.38 Å². The number of halogens is 3. The Morgan fingerprint density at radius 3 is 2.28 bits per heavy atom. The standard InChI is InChI=1S/C20H22ClSi.2ClH.Hf/c1-6-22(21)17-10-15-8-7-9-16(19(15)20(17)22)18-13(4)11(2)12(3)14(18)5;;;/h7-10,13H,6H2,1-5H3;2*1H;/q-1;;;/p-2. The average Bonchev–Trinajstić information content (AvgIpc) is 2.81. The molecule has 0 amide bonds. The van der Waals surface area contributed by atoms with Gasteiger partial charge in [0.2, 0.25) is 0 Å². The summed E-state index contributed by atoms with van der Waals surface area (Å²) in [4.78, 5) is 0. The van der Waals surface area contributed by atoms with Crippen molar-refractivity contribution < 1.29 is 50.7 Å². The Labute approximate surface area is 187 Å². The molecule has 2 aliphatic rings. The summed E-state index contributed by atoms with van der Waals surface area (Å²) in [5, 5.41) is 5.86. The first-order chi connectivity index (χ1) is 10.4. The predicted molar refractivity (Wildman–Crippen MR) is 101 cm³/mol. The van der Waals surface area contributed by atoms with E-state index < -0.39 is 7.38 Å². The Hall–Kier alpha value is 0.267. The van der Waals surface area contributed by atoms with Crippen molar-refractivity contribution in [3.8, 4) is 0 Å². The van der Waals surface area contributed by atoms with Gasteiger partial charge in [0.25, 0.3) is 0 Å². The summed E-state index contributed by atoms with van der Waals surface area (Å²) in [7, 11) is -1.73. The third kappa shape index (κ3) is 3.01. The van der Waals surface area contributed by atoms with Crippen LogP contribution in [0, 0.1) is 5.92 Å². The summed E-state index contributed by atoms with van der Waals surface area (Å²) in [6.45, 7) is 11.4. The first-order valence-corrected chi connectivity index (χ1v) is 11.4. The van der Waals surface area contributed by atoms with Crippen molar-refractivity contribution in [1.29, 1.82) is 0 Å². The van der Waals surface area contributed by atoms with Crippen molar-refractivity contribution in [3.63, 3.8) is 0 Å². The molecule has 0 aromatic heterocycles. The Bertz CT molecular complexity index is 894. The molecule has 0 nitrogen and oxygen atoms in total. The van der Waals surface area contributed by atoms with Crippen LogP contribution in [-0.2, 0) is 25.8 Å². The second-order valence-electron chi connectivity index (χ2n) is 6.93. The molecule has 1 heterocycles. The van der Waals surface area contributed by atoms with Gasteiger partial charge in [-0.25, -0.2) is 0 Å². The largest absolute Gasteiger partial charge is 1.00 e. The molecule has 4 rings (SSSR count). The van der Waals surface area contributed by atoms with E-state index in [-0.39, 0.29) is 50.7 Å². The molecule has 134 valence electrons. The van der Waals surface area contributed by atoms with Crippen molar-refractivity contribution in [2.45, 2.75) is 40.7 Å². The van der Waals surface area contributed by atoms with Gasteiger partial charge >= 0.3 is 0 Å². The van der Waals surface area contributed by atoms with Crippen LogP contribution in [0.5, 0.6) is 0 Å². The van der Waals surface area contributed by atoms with E-state index in [2.05, 4.69) is 58.9 Å². The molecule has 25 heavy (non-hydrogen) atoms. The van der Waals surface area contributed by atoms with Gasteiger partial charge in [-0.15, -0.1) is 39.3 Å². The molecule has 0 spiro atoms. The molecule has 0 saturated heterocycles. The number of allylic oxidation sites excluding steroid dienone is 4. The van der Waals surface area contributed by atoms with E-state index in [0.29, 0.717) is 5.92 Å². The number of benzene rings is 1. The van der Waals surface area contributed by atoms with Gasteiger partial charge in [0.15, 0.2) is 0 Å². The minimum atomic E-state index is -1.73. The fourth-order valence-corrected chi connectivity index (χ4v) is 8.56. The molecule has 0 bridgehead atoms. The van der Waals surface area contributed by atoms with Crippen LogP contribution in [0.15, 0.2) is 41.0 Å². The monoisotopic (exact) mass is 575 g/mol. The molecule has 2 aromatic rings. The van der Waals surface area contributed by atoms with E-state index in [9.17, 15) is 0 Å². The number of rotatable bonds is 2. The minimum absolute atomic E-state index is 0. The first kappa shape index (κ1) is 23.3. The van der Waals surface area contributed by atoms with Crippen LogP contribution in [0.1, 0.15) is 40.2 Å². The van der Waals surface area contributed by atoms with E-state index in [0.717, 1.165) is 6.04 Å². The van der Waals surface area contributed by atoms with Crippen molar-refractivity contribution in [1.82, 2.24) is 0 Å². The second kappa shape index (κ2) is 7.71. The van der Waals surface area contributed by atoms with Crippen LogP contribution in [0.3, 0.4) is 0 Å². The minimum Gasteiger partial charge on any atom is -1.00 e. The zero-order chi connectivity index (χ0) is 15.8. The Balaban J connectivity index is 0.00000104. The van der Waals surface area contributed by atoms with Crippen molar-refractivity contribution in [2.75, 3.05) is 0 Å². The summed E-state index contributed by atoms with van der Waals surface area (Å²) in [6.07, 6.45) is 0. The molecule has 2 aromatic carbocycles. The molecule has 5 heteroatoms. The first-order valence-electron chi connectivity index (χ1n) is 8.23. The van der Waals surface area contributed by atoms with Crippen LogP contribution < -0.4 is 35.2 Å². The van der Waals surface area contributed by atoms with E-state index in [1.54, 1.807) is 0 Å². The van der Waals surface area contributed by atoms with Gasteiger partial charge in [0, 0.05) is 31.8 Å². The smallest absolute Gasteiger partial charge is 0.146 e. The van der Waals surface area contributed by atoms with Gasteiger partial charge in [-0.3, -0.25) is 0 Å². The predicted octanol–water partition coefficient (Wildman–Crippen LogP) is -1.04. The number of hydrogen-bond donors (Lipinski definition) is 0. The molecule has 2 unspecified atom stereocenters.